The van der Waals surface area contributed by atoms with Crippen LogP contribution < -0.4 is 4.90 Å². The third kappa shape index (κ3) is 6.82. The highest BCUT2D eigenvalue weighted by atomic mass is 15.1. The summed E-state index contributed by atoms with van der Waals surface area (Å²) in [4.78, 5) is 2.40. The Kier molecular flexibility index (Phi) is 9.54. The molecule has 2 nitrogen and oxygen atoms in total. The second-order valence-corrected chi connectivity index (χ2v) is 17.7. The first-order valence-corrected chi connectivity index (χ1v) is 23.4. The van der Waals surface area contributed by atoms with Gasteiger partial charge in [0.15, 0.2) is 0 Å². The summed E-state index contributed by atoms with van der Waals surface area (Å²) >= 11 is 0. The van der Waals surface area contributed by atoms with Gasteiger partial charge in [-0.15, -0.1) is 0 Å². The van der Waals surface area contributed by atoms with Gasteiger partial charge in [0.2, 0.25) is 0 Å². The lowest BCUT2D eigenvalue weighted by molar-refractivity contribution is 1.18. The van der Waals surface area contributed by atoms with Crippen LogP contribution >= 0.6 is 0 Å². The van der Waals surface area contributed by atoms with Gasteiger partial charge < -0.3 is 9.47 Å². The van der Waals surface area contributed by atoms with Gasteiger partial charge >= 0.3 is 0 Å². The van der Waals surface area contributed by atoms with E-state index < -0.39 is 0 Å². The van der Waals surface area contributed by atoms with Crippen molar-refractivity contribution in [1.82, 2.24) is 4.57 Å². The highest BCUT2D eigenvalue weighted by molar-refractivity contribution is 6.17. The van der Waals surface area contributed by atoms with Crippen LogP contribution in [0.5, 0.6) is 0 Å². The average molecular weight is 865 g/mol. The summed E-state index contributed by atoms with van der Waals surface area (Å²) in [6, 6.07) is 97.5. The zero-order valence-electron chi connectivity index (χ0n) is 37.3. The molecule has 0 saturated heterocycles. The molecule has 0 aliphatic rings. The van der Waals surface area contributed by atoms with Crippen LogP contribution in [0, 0.1) is 0 Å². The number of hydrogen-bond acceptors (Lipinski definition) is 1. The largest absolute Gasteiger partial charge is 0.310 e. The van der Waals surface area contributed by atoms with Gasteiger partial charge in [0.1, 0.15) is 0 Å². The normalized spacial score (nSPS) is 11.5. The van der Waals surface area contributed by atoms with E-state index in [-0.39, 0.29) is 0 Å². The van der Waals surface area contributed by atoms with E-state index in [1.165, 1.54) is 93.1 Å². The number of hydrogen-bond donors (Lipinski definition) is 0. The Balaban J connectivity index is 0.954. The summed E-state index contributed by atoms with van der Waals surface area (Å²) in [6.07, 6.45) is 0. The molecule has 0 aliphatic heterocycles. The van der Waals surface area contributed by atoms with Gasteiger partial charge in [-0.1, -0.05) is 194 Å². The molecule has 12 aromatic carbocycles. The van der Waals surface area contributed by atoms with Gasteiger partial charge in [-0.2, -0.15) is 0 Å². The molecule has 0 spiro atoms. The summed E-state index contributed by atoms with van der Waals surface area (Å²) < 4.78 is 2.41. The maximum absolute atomic E-state index is 2.41. The van der Waals surface area contributed by atoms with Crippen LogP contribution in [0.3, 0.4) is 0 Å². The number of anilines is 3. The Morgan fingerprint density at radius 3 is 1.59 bits per heavy atom. The SMILES string of the molecule is c1ccc(-c2ccc3c(c2)c2c(-c4cccc(N(c5ccc(-c6ccc7c(ccc8ccccc87)c6)cc5)c5ccc(-c6cccc7ccccc67)cc5)c4)cccc2n3-c2ccccc2)cc1. The second-order valence-electron chi connectivity index (χ2n) is 17.7. The molecule has 0 N–H and O–H groups in total. The first kappa shape index (κ1) is 39.4. The quantitative estimate of drug-likeness (QED) is 0.138. The van der Waals surface area contributed by atoms with Gasteiger partial charge in [0.25, 0.3) is 0 Å². The minimum Gasteiger partial charge on any atom is -0.310 e. The van der Waals surface area contributed by atoms with Gasteiger partial charge in [-0.25, -0.2) is 0 Å². The summed E-state index contributed by atoms with van der Waals surface area (Å²) in [5.41, 5.74) is 16.3. The van der Waals surface area contributed by atoms with Crippen molar-refractivity contribution >= 4 is 71.2 Å². The minimum atomic E-state index is 1.08. The average Bonchev–Trinajstić information content (AvgIpc) is 3.75. The van der Waals surface area contributed by atoms with Crippen molar-refractivity contribution in [1.29, 1.82) is 0 Å². The minimum absolute atomic E-state index is 1.08. The van der Waals surface area contributed by atoms with Crippen LogP contribution in [0.15, 0.2) is 267 Å². The Morgan fingerprint density at radius 2 is 0.794 bits per heavy atom. The van der Waals surface area contributed by atoms with Crippen molar-refractivity contribution in [2.45, 2.75) is 0 Å². The van der Waals surface area contributed by atoms with Gasteiger partial charge in [-0.05, 0) is 150 Å². The lowest BCUT2D eigenvalue weighted by Gasteiger charge is -2.26. The fraction of sp³-hybridized carbons (Fsp3) is 0. The summed E-state index contributed by atoms with van der Waals surface area (Å²) in [6.45, 7) is 0. The molecule has 13 aromatic rings. The van der Waals surface area contributed by atoms with Gasteiger partial charge in [0.05, 0.1) is 11.0 Å². The maximum atomic E-state index is 2.41. The van der Waals surface area contributed by atoms with Crippen molar-refractivity contribution in [3.8, 4) is 50.2 Å². The predicted molar refractivity (Wildman–Crippen MR) is 290 cm³/mol. The summed E-state index contributed by atoms with van der Waals surface area (Å²) in [5.74, 6) is 0. The maximum Gasteiger partial charge on any atom is 0.0547 e. The van der Waals surface area contributed by atoms with E-state index in [4.69, 9.17) is 0 Å². The topological polar surface area (TPSA) is 8.17 Å². The van der Waals surface area contributed by atoms with Crippen LogP contribution in [0.1, 0.15) is 0 Å². The molecule has 0 saturated carbocycles. The van der Waals surface area contributed by atoms with E-state index in [9.17, 15) is 0 Å². The van der Waals surface area contributed by atoms with E-state index in [0.717, 1.165) is 28.3 Å². The van der Waals surface area contributed by atoms with Crippen LogP contribution in [0.2, 0.25) is 0 Å². The monoisotopic (exact) mass is 864 g/mol. The van der Waals surface area contributed by atoms with Crippen molar-refractivity contribution in [3.63, 3.8) is 0 Å². The van der Waals surface area contributed by atoms with E-state index in [1.54, 1.807) is 0 Å². The molecular weight excluding hydrogens is 821 g/mol. The molecule has 0 atom stereocenters. The number of benzene rings is 12. The molecule has 0 bridgehead atoms. The van der Waals surface area contributed by atoms with E-state index in [2.05, 4.69) is 276 Å². The Morgan fingerprint density at radius 1 is 0.250 bits per heavy atom. The summed E-state index contributed by atoms with van der Waals surface area (Å²) in [7, 11) is 0. The smallest absolute Gasteiger partial charge is 0.0547 e. The fourth-order valence-corrected chi connectivity index (χ4v) is 10.5. The first-order valence-electron chi connectivity index (χ1n) is 23.4. The van der Waals surface area contributed by atoms with Crippen LogP contribution in [0.4, 0.5) is 17.1 Å². The second kappa shape index (κ2) is 16.5. The number of para-hydroxylation sites is 1. The van der Waals surface area contributed by atoms with Gasteiger partial charge in [0, 0.05) is 33.5 Å². The number of nitrogens with zero attached hydrogens (tertiary/aromatic N) is 2. The third-order valence-corrected chi connectivity index (χ3v) is 13.8. The van der Waals surface area contributed by atoms with E-state index >= 15 is 0 Å². The van der Waals surface area contributed by atoms with Crippen molar-refractivity contribution in [3.05, 3.63) is 267 Å². The molecule has 2 heteroatoms. The molecule has 0 amide bonds. The van der Waals surface area contributed by atoms with Crippen molar-refractivity contribution in [2.75, 3.05) is 4.90 Å². The summed E-state index contributed by atoms with van der Waals surface area (Å²) in [5, 5.41) is 10.0. The predicted octanol–water partition coefficient (Wildman–Crippen LogP) is 18.4. The van der Waals surface area contributed by atoms with E-state index in [0.29, 0.717) is 0 Å². The zero-order chi connectivity index (χ0) is 45.0. The number of fused-ring (bicyclic) bond motifs is 7. The standard InChI is InChI=1S/C66H44N2/c1-3-14-45(15-4-1)51-35-41-64-63(44-51)66-62(26-13-27-65(66)68(64)54-20-5-2-6-21-54)52-19-11-22-57(43-52)67(56-38-32-49(33-39-56)60-25-12-18-47-16-7-9-23-58(47)60)55-36-30-46(31-37-55)50-34-40-61-53(42-50)29-28-48-17-8-10-24-59(48)61/h1-44H. The molecule has 318 valence electrons. The molecule has 0 unspecified atom stereocenters. The molecule has 0 radical (unpaired) electrons. The van der Waals surface area contributed by atoms with Crippen molar-refractivity contribution in [2.24, 2.45) is 0 Å². The zero-order valence-corrected chi connectivity index (χ0v) is 37.3. The highest BCUT2D eigenvalue weighted by Crippen LogP contribution is 2.44. The lowest BCUT2D eigenvalue weighted by atomic mass is 9.96. The van der Waals surface area contributed by atoms with E-state index in [1.807, 2.05) is 0 Å². The van der Waals surface area contributed by atoms with Crippen LogP contribution in [-0.2, 0) is 0 Å². The van der Waals surface area contributed by atoms with Gasteiger partial charge in [-0.3, -0.25) is 0 Å². The van der Waals surface area contributed by atoms with Crippen LogP contribution in [-0.4, -0.2) is 4.57 Å². The molecule has 0 fully saturated rings. The Bertz CT molecular complexity index is 3990. The molecule has 13 rings (SSSR count). The number of aromatic nitrogens is 1. The molecule has 0 aliphatic carbocycles. The lowest BCUT2D eigenvalue weighted by Crippen LogP contribution is -2.10. The number of rotatable bonds is 8. The molecule has 68 heavy (non-hydrogen) atoms. The molecular formula is C66H44N2. The fourth-order valence-electron chi connectivity index (χ4n) is 10.5. The molecule has 1 heterocycles. The Hall–Kier alpha value is -8.98. The molecule has 1 aromatic heterocycles. The Labute approximate surface area is 395 Å². The van der Waals surface area contributed by atoms with Crippen LogP contribution in [0.25, 0.3) is 104 Å². The highest BCUT2D eigenvalue weighted by Gasteiger charge is 2.20. The first-order chi connectivity index (χ1) is 33.7. The third-order valence-electron chi connectivity index (χ3n) is 13.8. The van der Waals surface area contributed by atoms with Crippen molar-refractivity contribution < 1.29 is 0 Å².